The fourth-order valence-electron chi connectivity index (χ4n) is 4.74. The van der Waals surface area contributed by atoms with Crippen LogP contribution in [-0.4, -0.2) is 44.6 Å². The number of nitrogens with zero attached hydrogens (tertiary/aromatic N) is 5. The van der Waals surface area contributed by atoms with E-state index in [1.54, 1.807) is 12.1 Å². The summed E-state index contributed by atoms with van der Waals surface area (Å²) in [6.45, 7) is -2.70. The van der Waals surface area contributed by atoms with Gasteiger partial charge in [0, 0.05) is 28.5 Å². The van der Waals surface area contributed by atoms with Crippen LogP contribution in [0.4, 0.5) is 8.78 Å². The van der Waals surface area contributed by atoms with Gasteiger partial charge in [0.2, 0.25) is 0 Å². The van der Waals surface area contributed by atoms with Crippen molar-refractivity contribution in [3.63, 3.8) is 0 Å². The lowest BCUT2D eigenvalue weighted by Crippen LogP contribution is -2.18. The number of rotatable bonds is 5. The molecule has 1 unspecified atom stereocenters. The molecule has 0 N–H and O–H groups in total. The number of halogens is 2. The Morgan fingerprint density at radius 3 is 2.73 bits per heavy atom. The van der Waals surface area contributed by atoms with Crippen LogP contribution in [0.15, 0.2) is 48.8 Å². The van der Waals surface area contributed by atoms with E-state index in [1.165, 1.54) is 12.4 Å². The fraction of sp³-hybridized carbons (Fsp3) is 0.240. The van der Waals surface area contributed by atoms with Gasteiger partial charge in [-0.25, -0.2) is 9.67 Å². The average molecular weight is 445 g/mol. The number of benzene rings is 2. The average Bonchev–Trinajstić information content (AvgIpc) is 3.52. The van der Waals surface area contributed by atoms with Gasteiger partial charge >= 0.3 is 6.55 Å². The summed E-state index contributed by atoms with van der Waals surface area (Å²) in [7, 11) is 3.99. The quantitative estimate of drug-likeness (QED) is 0.331. The van der Waals surface area contributed by atoms with E-state index in [-0.39, 0.29) is 12.1 Å². The zero-order valence-electron chi connectivity index (χ0n) is 18.1. The minimum absolute atomic E-state index is 0.0257. The summed E-state index contributed by atoms with van der Waals surface area (Å²) >= 11 is 0. The van der Waals surface area contributed by atoms with Gasteiger partial charge in [0.05, 0.1) is 29.3 Å². The van der Waals surface area contributed by atoms with Crippen LogP contribution in [0.3, 0.4) is 0 Å². The summed E-state index contributed by atoms with van der Waals surface area (Å²) in [5.74, 6) is 3.60. The first kappa shape index (κ1) is 21.0. The van der Waals surface area contributed by atoms with Gasteiger partial charge in [-0.05, 0) is 44.3 Å². The molecule has 0 amide bonds. The number of aldehydes is 1. The molecule has 166 valence electrons. The van der Waals surface area contributed by atoms with E-state index < -0.39 is 6.55 Å². The third-order valence-electron chi connectivity index (χ3n) is 6.29. The second-order valence-corrected chi connectivity index (χ2v) is 8.33. The normalized spacial score (nSPS) is 17.6. The maximum absolute atomic E-state index is 13.0. The number of alkyl halides is 2. The summed E-state index contributed by atoms with van der Waals surface area (Å²) in [5, 5.41) is 3.75. The fourth-order valence-corrected chi connectivity index (χ4v) is 4.74. The molecular weight excluding hydrogens is 424 g/mol. The maximum atomic E-state index is 13.0. The monoisotopic (exact) mass is 445 g/mol. The van der Waals surface area contributed by atoms with Crippen LogP contribution in [0.1, 0.15) is 52.4 Å². The molecule has 8 heteroatoms. The molecule has 0 aliphatic carbocycles. The molecule has 3 heterocycles. The molecule has 33 heavy (non-hydrogen) atoms. The van der Waals surface area contributed by atoms with Crippen molar-refractivity contribution in [2.45, 2.75) is 25.1 Å². The first-order valence-corrected chi connectivity index (χ1v) is 10.5. The zero-order valence-corrected chi connectivity index (χ0v) is 18.1. The second kappa shape index (κ2) is 7.94. The molecular formula is C25H21F2N5O. The molecule has 0 radical (unpaired) electrons. The number of carbonyl (C=O) groups is 1. The van der Waals surface area contributed by atoms with Gasteiger partial charge in [-0.15, -0.1) is 6.42 Å². The molecule has 5 rings (SSSR count). The molecule has 1 aliphatic heterocycles. The van der Waals surface area contributed by atoms with Crippen LogP contribution in [0, 0.1) is 12.3 Å². The number of fused-ring (bicyclic) bond motifs is 3. The van der Waals surface area contributed by atoms with Gasteiger partial charge in [-0.3, -0.25) is 9.69 Å². The van der Waals surface area contributed by atoms with Gasteiger partial charge in [-0.2, -0.15) is 13.9 Å². The summed E-state index contributed by atoms with van der Waals surface area (Å²) in [6.07, 6.45) is 10.1. The number of carbonyl (C=O) groups excluding carboxylic acids is 1. The van der Waals surface area contributed by atoms with E-state index >= 15 is 0 Å². The van der Waals surface area contributed by atoms with Gasteiger partial charge in [0.1, 0.15) is 12.1 Å². The van der Waals surface area contributed by atoms with Crippen molar-refractivity contribution in [1.29, 1.82) is 0 Å². The summed E-state index contributed by atoms with van der Waals surface area (Å²) in [4.78, 5) is 18.9. The van der Waals surface area contributed by atoms with E-state index in [9.17, 15) is 13.6 Å². The summed E-state index contributed by atoms with van der Waals surface area (Å²) < 4.78 is 28.8. The summed E-state index contributed by atoms with van der Waals surface area (Å²) in [6, 6.07) is 10.9. The Morgan fingerprint density at radius 1 is 1.24 bits per heavy atom. The van der Waals surface area contributed by atoms with E-state index in [0.29, 0.717) is 27.8 Å². The van der Waals surface area contributed by atoms with E-state index in [0.717, 1.165) is 34.3 Å². The van der Waals surface area contributed by atoms with Crippen LogP contribution in [-0.2, 0) is 0 Å². The van der Waals surface area contributed by atoms with Gasteiger partial charge < -0.3 is 4.57 Å². The highest BCUT2D eigenvalue weighted by molar-refractivity contribution is 5.84. The molecule has 2 aromatic heterocycles. The van der Waals surface area contributed by atoms with Crippen molar-refractivity contribution in [3.05, 3.63) is 71.3 Å². The molecule has 2 aromatic carbocycles. The van der Waals surface area contributed by atoms with Crippen molar-refractivity contribution in [1.82, 2.24) is 24.2 Å². The first-order chi connectivity index (χ1) is 15.9. The third kappa shape index (κ3) is 3.33. The Labute approximate surface area is 189 Å². The van der Waals surface area contributed by atoms with Crippen LogP contribution < -0.4 is 0 Å². The smallest absolute Gasteiger partial charge is 0.319 e. The lowest BCUT2D eigenvalue weighted by molar-refractivity contribution is 0.0566. The SMILES string of the molecule is C#Cc1cccc(C=O)c1[C@H]1CC(N(C)C)c2nc3ccc(-c4cnn(C(F)F)c4)cc3n21. The Bertz CT molecular complexity index is 1410. The lowest BCUT2D eigenvalue weighted by Gasteiger charge is -2.20. The largest absolute Gasteiger partial charge is 0.333 e. The molecule has 6 nitrogen and oxygen atoms in total. The van der Waals surface area contributed by atoms with Crippen molar-refractivity contribution in [2.75, 3.05) is 14.1 Å². The first-order valence-electron chi connectivity index (χ1n) is 10.5. The Balaban J connectivity index is 1.73. The minimum atomic E-state index is -2.70. The Hall–Kier alpha value is -3.83. The highest BCUT2D eigenvalue weighted by Gasteiger charge is 2.38. The molecule has 1 aliphatic rings. The highest BCUT2D eigenvalue weighted by atomic mass is 19.3. The molecule has 0 spiro atoms. The minimum Gasteiger partial charge on any atom is -0.319 e. The predicted molar refractivity (Wildman–Crippen MR) is 121 cm³/mol. The van der Waals surface area contributed by atoms with Gasteiger partial charge in [-0.1, -0.05) is 24.1 Å². The highest BCUT2D eigenvalue weighted by Crippen LogP contribution is 2.45. The van der Waals surface area contributed by atoms with Crippen molar-refractivity contribution in [3.8, 4) is 23.5 Å². The summed E-state index contributed by atoms with van der Waals surface area (Å²) in [5.41, 5.74) is 5.01. The zero-order chi connectivity index (χ0) is 23.3. The number of aromatic nitrogens is 4. The molecule has 0 saturated carbocycles. The number of hydrogen-bond acceptors (Lipinski definition) is 4. The molecule has 2 atom stereocenters. The van der Waals surface area contributed by atoms with E-state index in [2.05, 4.69) is 20.5 Å². The standard InChI is InChI=1S/C25H21F2N5O/c1-4-15-6-5-7-17(14-33)23(15)21-11-22(30(2)3)24-29-19-9-8-16(10-20(19)32(21)24)18-12-28-31(13-18)25(26)27/h1,5-10,12-14,21-22,25H,11H2,2-3H3/t21-,22?/m1/s1. The van der Waals surface area contributed by atoms with Crippen LogP contribution in [0.2, 0.25) is 0 Å². The number of imidazole rings is 1. The lowest BCUT2D eigenvalue weighted by atomic mass is 9.92. The van der Waals surface area contributed by atoms with Crippen molar-refractivity contribution >= 4 is 17.3 Å². The maximum Gasteiger partial charge on any atom is 0.333 e. The van der Waals surface area contributed by atoms with Crippen LogP contribution in [0.5, 0.6) is 0 Å². The second-order valence-electron chi connectivity index (χ2n) is 8.33. The molecule has 4 aromatic rings. The molecule has 0 fully saturated rings. The van der Waals surface area contributed by atoms with Crippen LogP contribution >= 0.6 is 0 Å². The van der Waals surface area contributed by atoms with Gasteiger partial charge in [0.15, 0.2) is 0 Å². The number of hydrogen-bond donors (Lipinski definition) is 0. The molecule has 0 saturated heterocycles. The third-order valence-corrected chi connectivity index (χ3v) is 6.29. The van der Waals surface area contributed by atoms with Gasteiger partial charge in [0.25, 0.3) is 0 Å². The topological polar surface area (TPSA) is 56.0 Å². The van der Waals surface area contributed by atoms with E-state index in [4.69, 9.17) is 11.4 Å². The molecule has 0 bridgehead atoms. The Morgan fingerprint density at radius 2 is 2.06 bits per heavy atom. The van der Waals surface area contributed by atoms with Crippen molar-refractivity contribution in [2.24, 2.45) is 0 Å². The Kier molecular flexibility index (Phi) is 5.06. The van der Waals surface area contributed by atoms with Crippen molar-refractivity contribution < 1.29 is 13.6 Å². The van der Waals surface area contributed by atoms with Crippen LogP contribution in [0.25, 0.3) is 22.2 Å². The number of terminal acetylenes is 1. The predicted octanol–water partition coefficient (Wildman–Crippen LogP) is 4.68. The van der Waals surface area contributed by atoms with E-state index in [1.807, 2.05) is 38.4 Å².